The largest absolute Gasteiger partial charge is 0.455 e. The van der Waals surface area contributed by atoms with Gasteiger partial charge in [-0.3, -0.25) is 0 Å². The first-order chi connectivity index (χ1) is 26.2. The van der Waals surface area contributed by atoms with Gasteiger partial charge in [0.05, 0.1) is 11.4 Å². The molecule has 0 aliphatic rings. The van der Waals surface area contributed by atoms with Gasteiger partial charge < -0.3 is 4.42 Å². The van der Waals surface area contributed by atoms with Crippen LogP contribution in [0.4, 0.5) is 0 Å². The Morgan fingerprint density at radius 1 is 0.321 bits per heavy atom. The monoisotopic (exact) mass is 676 g/mol. The van der Waals surface area contributed by atoms with Crippen LogP contribution in [0, 0.1) is 0 Å². The van der Waals surface area contributed by atoms with Gasteiger partial charge in [-0.05, 0) is 68.9 Å². The van der Waals surface area contributed by atoms with Gasteiger partial charge in [-0.25, -0.2) is 9.97 Å². The summed E-state index contributed by atoms with van der Waals surface area (Å²) in [6.07, 6.45) is 0. The summed E-state index contributed by atoms with van der Waals surface area (Å²) < 4.78 is 6.57. The highest BCUT2D eigenvalue weighted by Gasteiger charge is 2.17. The van der Waals surface area contributed by atoms with E-state index in [0.717, 1.165) is 77.8 Å². The van der Waals surface area contributed by atoms with Gasteiger partial charge in [-0.1, -0.05) is 164 Å². The summed E-state index contributed by atoms with van der Waals surface area (Å²) in [7, 11) is 0. The topological polar surface area (TPSA) is 38.9 Å². The number of rotatable bonds is 6. The molecule has 8 aromatic carbocycles. The molecule has 3 nitrogen and oxygen atoms in total. The third kappa shape index (κ3) is 5.65. The summed E-state index contributed by atoms with van der Waals surface area (Å²) in [4.78, 5) is 10.4. The van der Waals surface area contributed by atoms with Gasteiger partial charge >= 0.3 is 0 Å². The van der Waals surface area contributed by atoms with Gasteiger partial charge in [0, 0.05) is 33.0 Å². The molecule has 0 fully saturated rings. The molecule has 0 spiro atoms. The molecule has 0 aliphatic heterocycles. The van der Waals surface area contributed by atoms with Crippen molar-refractivity contribution in [2.24, 2.45) is 0 Å². The highest BCUT2D eigenvalue weighted by Crippen LogP contribution is 2.41. The smallest absolute Gasteiger partial charge is 0.160 e. The Bertz CT molecular complexity index is 2920. The third-order valence-electron chi connectivity index (χ3n) is 10.1. The Morgan fingerprint density at radius 3 is 1.64 bits per heavy atom. The van der Waals surface area contributed by atoms with E-state index < -0.39 is 0 Å². The number of fused-ring (bicyclic) bond motifs is 4. The predicted molar refractivity (Wildman–Crippen MR) is 219 cm³/mol. The quantitative estimate of drug-likeness (QED) is 0.176. The number of hydrogen-bond donors (Lipinski definition) is 0. The predicted octanol–water partition coefficient (Wildman–Crippen LogP) is 13.5. The normalized spacial score (nSPS) is 11.4. The van der Waals surface area contributed by atoms with Gasteiger partial charge in [0.15, 0.2) is 5.82 Å². The molecular formula is C50H32N2O. The second-order valence-corrected chi connectivity index (χ2v) is 13.4. The molecule has 0 saturated carbocycles. The van der Waals surface area contributed by atoms with Crippen LogP contribution >= 0.6 is 0 Å². The maximum Gasteiger partial charge on any atom is 0.160 e. The molecule has 248 valence electrons. The van der Waals surface area contributed by atoms with E-state index in [1.807, 2.05) is 24.3 Å². The fourth-order valence-corrected chi connectivity index (χ4v) is 7.46. The van der Waals surface area contributed by atoms with Crippen LogP contribution in [0.15, 0.2) is 199 Å². The summed E-state index contributed by atoms with van der Waals surface area (Å²) in [6.45, 7) is 0. The van der Waals surface area contributed by atoms with Gasteiger partial charge in [0.25, 0.3) is 0 Å². The van der Waals surface area contributed by atoms with Crippen molar-refractivity contribution in [3.8, 4) is 67.3 Å². The molecule has 10 rings (SSSR count). The molecule has 0 atom stereocenters. The fraction of sp³-hybridized carbons (Fsp3) is 0. The molecular weight excluding hydrogens is 645 g/mol. The zero-order valence-electron chi connectivity index (χ0n) is 28.8. The van der Waals surface area contributed by atoms with Crippen LogP contribution in [0.1, 0.15) is 0 Å². The van der Waals surface area contributed by atoms with E-state index >= 15 is 0 Å². The summed E-state index contributed by atoms with van der Waals surface area (Å²) in [5, 5.41) is 4.61. The highest BCUT2D eigenvalue weighted by atomic mass is 16.3. The standard InChI is InChI=1S/C50H32N2O/c1-3-13-33(14-4-1)34-25-27-37(28-26-34)50-51-46(36-16-5-2-6-17-36)32-47(52-50)40-30-38(42-21-11-18-35-15-7-8-19-41(35)42)29-39(31-40)43-22-12-23-45-44-20-9-10-24-48(44)53-49(43)45/h1-32H. The summed E-state index contributed by atoms with van der Waals surface area (Å²) in [5.74, 6) is 0.678. The Hall–Kier alpha value is -7.10. The molecule has 0 radical (unpaired) electrons. The Balaban J connectivity index is 1.20. The van der Waals surface area contributed by atoms with Gasteiger partial charge in [0.2, 0.25) is 0 Å². The minimum absolute atomic E-state index is 0.678. The first kappa shape index (κ1) is 30.7. The molecule has 2 aromatic heterocycles. The number of nitrogens with zero attached hydrogens (tertiary/aromatic N) is 2. The maximum absolute atomic E-state index is 6.57. The van der Waals surface area contributed by atoms with Gasteiger partial charge in [-0.2, -0.15) is 0 Å². The van der Waals surface area contributed by atoms with E-state index in [1.54, 1.807) is 0 Å². The van der Waals surface area contributed by atoms with Crippen LogP contribution in [-0.2, 0) is 0 Å². The second kappa shape index (κ2) is 12.9. The number of aromatic nitrogens is 2. The first-order valence-electron chi connectivity index (χ1n) is 17.9. The van der Waals surface area contributed by atoms with Crippen LogP contribution < -0.4 is 0 Å². The zero-order chi connectivity index (χ0) is 35.1. The van der Waals surface area contributed by atoms with Crippen molar-refractivity contribution in [3.05, 3.63) is 194 Å². The third-order valence-corrected chi connectivity index (χ3v) is 10.1. The van der Waals surface area contributed by atoms with Crippen LogP contribution in [0.5, 0.6) is 0 Å². The van der Waals surface area contributed by atoms with Crippen LogP contribution in [0.25, 0.3) is 100.0 Å². The van der Waals surface area contributed by atoms with Crippen molar-refractivity contribution in [3.63, 3.8) is 0 Å². The van der Waals surface area contributed by atoms with E-state index in [0.29, 0.717) is 5.82 Å². The molecule has 53 heavy (non-hydrogen) atoms. The number of furan rings is 1. The molecule has 2 heterocycles. The molecule has 0 saturated heterocycles. The second-order valence-electron chi connectivity index (χ2n) is 13.4. The SMILES string of the molecule is c1ccc(-c2ccc(-c3nc(-c4ccccc4)cc(-c4cc(-c5cccc6ccccc56)cc(-c5cccc6c5oc5ccccc56)c4)n3)cc2)cc1. The Labute approximate surface area is 307 Å². The Kier molecular flexibility index (Phi) is 7.47. The fourth-order valence-electron chi connectivity index (χ4n) is 7.46. The number of para-hydroxylation sites is 2. The van der Waals surface area contributed by atoms with E-state index in [4.69, 9.17) is 14.4 Å². The lowest BCUT2D eigenvalue weighted by atomic mass is 9.91. The average Bonchev–Trinajstić information content (AvgIpc) is 3.63. The highest BCUT2D eigenvalue weighted by molar-refractivity contribution is 6.10. The molecule has 0 N–H and O–H groups in total. The van der Waals surface area contributed by atoms with Gasteiger partial charge in [-0.15, -0.1) is 0 Å². The van der Waals surface area contributed by atoms with Crippen molar-refractivity contribution < 1.29 is 4.42 Å². The van der Waals surface area contributed by atoms with E-state index in [9.17, 15) is 0 Å². The number of benzene rings is 8. The Morgan fingerprint density at radius 2 is 0.849 bits per heavy atom. The van der Waals surface area contributed by atoms with Crippen LogP contribution in [0.2, 0.25) is 0 Å². The van der Waals surface area contributed by atoms with Crippen molar-refractivity contribution in [1.29, 1.82) is 0 Å². The molecule has 0 amide bonds. The van der Waals surface area contributed by atoms with E-state index in [1.165, 1.54) is 16.3 Å². The molecule has 0 aliphatic carbocycles. The lowest BCUT2D eigenvalue weighted by Crippen LogP contribution is -1.97. The van der Waals surface area contributed by atoms with Gasteiger partial charge in [0.1, 0.15) is 11.2 Å². The molecule has 0 bridgehead atoms. The number of hydrogen-bond acceptors (Lipinski definition) is 3. The molecule has 3 heteroatoms. The lowest BCUT2D eigenvalue weighted by Gasteiger charge is -2.14. The van der Waals surface area contributed by atoms with Crippen LogP contribution in [0.3, 0.4) is 0 Å². The summed E-state index contributed by atoms with van der Waals surface area (Å²) in [6, 6.07) is 68.0. The zero-order valence-corrected chi connectivity index (χ0v) is 28.8. The molecule has 0 unspecified atom stereocenters. The average molecular weight is 677 g/mol. The van der Waals surface area contributed by atoms with E-state index in [-0.39, 0.29) is 0 Å². The maximum atomic E-state index is 6.57. The first-order valence-corrected chi connectivity index (χ1v) is 17.9. The van der Waals surface area contributed by atoms with Crippen molar-refractivity contribution in [1.82, 2.24) is 9.97 Å². The minimum atomic E-state index is 0.678. The van der Waals surface area contributed by atoms with Crippen molar-refractivity contribution in [2.75, 3.05) is 0 Å². The molecule has 10 aromatic rings. The lowest BCUT2D eigenvalue weighted by molar-refractivity contribution is 0.670. The van der Waals surface area contributed by atoms with E-state index in [2.05, 4.69) is 170 Å². The van der Waals surface area contributed by atoms with Crippen molar-refractivity contribution >= 4 is 32.7 Å². The summed E-state index contributed by atoms with van der Waals surface area (Å²) in [5.41, 5.74) is 13.2. The summed E-state index contributed by atoms with van der Waals surface area (Å²) >= 11 is 0. The van der Waals surface area contributed by atoms with Crippen molar-refractivity contribution in [2.45, 2.75) is 0 Å². The van der Waals surface area contributed by atoms with Crippen LogP contribution in [-0.4, -0.2) is 9.97 Å². The minimum Gasteiger partial charge on any atom is -0.455 e.